The minimum atomic E-state index is 0.0809. The highest BCUT2D eigenvalue weighted by molar-refractivity contribution is 5.61. The third-order valence-electron chi connectivity index (χ3n) is 2.40. The maximum absolute atomic E-state index is 5.86. The molecule has 6 nitrogen and oxygen atoms in total. The third kappa shape index (κ3) is 3.61. The lowest BCUT2D eigenvalue weighted by atomic mass is 10.2. The smallest absolute Gasteiger partial charge is 0.223 e. The lowest BCUT2D eigenvalue weighted by molar-refractivity contribution is 0.244. The standard InChI is InChI=1S/C13H18N4O2/c1-8(2)18-12-6-10(4-5-11(12)14)15-7-13-16-9(3)19-17-13/h4-6,8,15H,7,14H2,1-3H3. The minimum Gasteiger partial charge on any atom is -0.489 e. The van der Waals surface area contributed by atoms with E-state index in [1.165, 1.54) is 0 Å². The van der Waals surface area contributed by atoms with Crippen molar-refractivity contribution in [1.82, 2.24) is 10.1 Å². The van der Waals surface area contributed by atoms with E-state index in [4.69, 9.17) is 15.0 Å². The van der Waals surface area contributed by atoms with Crippen molar-refractivity contribution in [2.24, 2.45) is 0 Å². The van der Waals surface area contributed by atoms with Crippen LogP contribution in [-0.2, 0) is 6.54 Å². The fourth-order valence-electron chi connectivity index (χ4n) is 1.59. The fourth-order valence-corrected chi connectivity index (χ4v) is 1.59. The van der Waals surface area contributed by atoms with Crippen LogP contribution in [0.2, 0.25) is 0 Å². The Bertz CT molecular complexity index is 551. The van der Waals surface area contributed by atoms with Gasteiger partial charge in [-0.25, -0.2) is 0 Å². The van der Waals surface area contributed by atoms with Gasteiger partial charge in [-0.05, 0) is 26.0 Å². The van der Waals surface area contributed by atoms with Gasteiger partial charge in [0.2, 0.25) is 5.89 Å². The Morgan fingerprint density at radius 2 is 2.21 bits per heavy atom. The Kier molecular flexibility index (Phi) is 3.89. The van der Waals surface area contributed by atoms with Crippen molar-refractivity contribution in [2.75, 3.05) is 11.1 Å². The van der Waals surface area contributed by atoms with Gasteiger partial charge in [-0.2, -0.15) is 4.98 Å². The lowest BCUT2D eigenvalue weighted by Gasteiger charge is -2.13. The molecule has 0 aliphatic carbocycles. The van der Waals surface area contributed by atoms with Gasteiger partial charge >= 0.3 is 0 Å². The summed E-state index contributed by atoms with van der Waals surface area (Å²) in [6, 6.07) is 5.55. The van der Waals surface area contributed by atoms with Crippen LogP contribution >= 0.6 is 0 Å². The molecule has 2 aromatic rings. The van der Waals surface area contributed by atoms with Crippen LogP contribution < -0.4 is 15.8 Å². The molecule has 0 amide bonds. The molecule has 0 bridgehead atoms. The molecular weight excluding hydrogens is 244 g/mol. The number of aryl methyl sites for hydroxylation is 1. The molecule has 0 saturated heterocycles. The summed E-state index contributed by atoms with van der Waals surface area (Å²) in [4.78, 5) is 4.12. The number of hydrogen-bond donors (Lipinski definition) is 2. The summed E-state index contributed by atoms with van der Waals surface area (Å²) in [5, 5.41) is 7.01. The van der Waals surface area contributed by atoms with Gasteiger partial charge < -0.3 is 20.3 Å². The van der Waals surface area contributed by atoms with Crippen LogP contribution in [0.5, 0.6) is 5.75 Å². The van der Waals surface area contributed by atoms with Crippen molar-refractivity contribution in [1.29, 1.82) is 0 Å². The maximum Gasteiger partial charge on any atom is 0.223 e. The van der Waals surface area contributed by atoms with Gasteiger partial charge in [0.1, 0.15) is 5.75 Å². The molecular formula is C13H18N4O2. The van der Waals surface area contributed by atoms with Gasteiger partial charge in [-0.1, -0.05) is 5.16 Å². The predicted octanol–water partition coefficient (Wildman–Crippen LogP) is 2.36. The number of nitrogens with two attached hydrogens (primary N) is 1. The Morgan fingerprint density at radius 1 is 1.42 bits per heavy atom. The van der Waals surface area contributed by atoms with Crippen molar-refractivity contribution < 1.29 is 9.26 Å². The number of aromatic nitrogens is 2. The van der Waals surface area contributed by atoms with Crippen LogP contribution in [0.25, 0.3) is 0 Å². The molecule has 6 heteroatoms. The number of benzene rings is 1. The van der Waals surface area contributed by atoms with Crippen LogP contribution in [0, 0.1) is 6.92 Å². The quantitative estimate of drug-likeness (QED) is 0.804. The molecule has 3 N–H and O–H groups in total. The second-order valence-corrected chi connectivity index (χ2v) is 4.50. The van der Waals surface area contributed by atoms with Crippen LogP contribution in [0.3, 0.4) is 0 Å². The normalized spacial score (nSPS) is 10.7. The van der Waals surface area contributed by atoms with Crippen molar-refractivity contribution >= 4 is 11.4 Å². The highest BCUT2D eigenvalue weighted by Crippen LogP contribution is 2.26. The van der Waals surface area contributed by atoms with Crippen molar-refractivity contribution in [3.05, 3.63) is 29.9 Å². The first kappa shape index (κ1) is 13.2. The first-order chi connectivity index (χ1) is 9.04. The topological polar surface area (TPSA) is 86.2 Å². The molecule has 0 aliphatic rings. The van der Waals surface area contributed by atoms with Gasteiger partial charge in [-0.3, -0.25) is 0 Å². The van der Waals surface area contributed by atoms with Crippen molar-refractivity contribution in [3.8, 4) is 5.75 Å². The van der Waals surface area contributed by atoms with E-state index in [1.807, 2.05) is 32.0 Å². The Hall–Kier alpha value is -2.24. The summed E-state index contributed by atoms with van der Waals surface area (Å²) in [6.07, 6.45) is 0.0809. The largest absolute Gasteiger partial charge is 0.489 e. The van der Waals surface area contributed by atoms with E-state index in [-0.39, 0.29) is 6.10 Å². The molecule has 0 spiro atoms. The van der Waals surface area contributed by atoms with Crippen molar-refractivity contribution in [2.45, 2.75) is 33.4 Å². The third-order valence-corrected chi connectivity index (χ3v) is 2.40. The second-order valence-electron chi connectivity index (χ2n) is 4.50. The zero-order valence-corrected chi connectivity index (χ0v) is 11.3. The molecule has 0 fully saturated rings. The molecule has 2 rings (SSSR count). The van der Waals surface area contributed by atoms with Crippen molar-refractivity contribution in [3.63, 3.8) is 0 Å². The van der Waals surface area contributed by atoms with Gasteiger partial charge in [-0.15, -0.1) is 0 Å². The molecule has 0 saturated carbocycles. The van der Waals surface area contributed by atoms with Gasteiger partial charge in [0.15, 0.2) is 5.82 Å². The second kappa shape index (κ2) is 5.60. The molecule has 1 heterocycles. The number of rotatable bonds is 5. The summed E-state index contributed by atoms with van der Waals surface area (Å²) < 4.78 is 10.5. The lowest BCUT2D eigenvalue weighted by Crippen LogP contribution is -2.08. The van der Waals surface area contributed by atoms with Crippen LogP contribution in [0.1, 0.15) is 25.6 Å². The summed E-state index contributed by atoms with van der Waals surface area (Å²) in [6.45, 7) is 6.17. The summed E-state index contributed by atoms with van der Waals surface area (Å²) >= 11 is 0. The Balaban J connectivity index is 2.04. The first-order valence-corrected chi connectivity index (χ1v) is 6.14. The molecule has 19 heavy (non-hydrogen) atoms. The molecule has 0 aliphatic heterocycles. The zero-order chi connectivity index (χ0) is 13.8. The number of nitrogens with zero attached hydrogens (tertiary/aromatic N) is 2. The molecule has 0 radical (unpaired) electrons. The van der Waals surface area contributed by atoms with E-state index in [9.17, 15) is 0 Å². The average Bonchev–Trinajstić information content (AvgIpc) is 2.75. The highest BCUT2D eigenvalue weighted by Gasteiger charge is 2.06. The van der Waals surface area contributed by atoms with E-state index in [2.05, 4.69) is 15.5 Å². The molecule has 0 unspecified atom stereocenters. The maximum atomic E-state index is 5.86. The highest BCUT2D eigenvalue weighted by atomic mass is 16.5. The van der Waals surface area contributed by atoms with E-state index in [0.717, 1.165) is 5.69 Å². The number of hydrogen-bond acceptors (Lipinski definition) is 6. The van der Waals surface area contributed by atoms with Crippen LogP contribution in [0.4, 0.5) is 11.4 Å². The number of nitrogen functional groups attached to an aromatic ring is 1. The number of nitrogens with one attached hydrogen (secondary N) is 1. The molecule has 102 valence electrons. The van der Waals surface area contributed by atoms with Gasteiger partial charge in [0, 0.05) is 18.7 Å². The number of ether oxygens (including phenoxy) is 1. The Labute approximate surface area is 112 Å². The fraction of sp³-hybridized carbons (Fsp3) is 0.385. The van der Waals surface area contributed by atoms with Crippen LogP contribution in [-0.4, -0.2) is 16.2 Å². The Morgan fingerprint density at radius 3 is 2.84 bits per heavy atom. The summed E-state index contributed by atoms with van der Waals surface area (Å²) in [7, 11) is 0. The summed E-state index contributed by atoms with van der Waals surface area (Å²) in [5.74, 6) is 1.84. The van der Waals surface area contributed by atoms with Crippen LogP contribution in [0.15, 0.2) is 22.7 Å². The predicted molar refractivity (Wildman–Crippen MR) is 73.0 cm³/mol. The molecule has 1 aromatic heterocycles. The molecule has 1 aromatic carbocycles. The minimum absolute atomic E-state index is 0.0809. The van der Waals surface area contributed by atoms with E-state index < -0.39 is 0 Å². The zero-order valence-electron chi connectivity index (χ0n) is 11.3. The SMILES string of the molecule is Cc1nc(CNc2ccc(N)c(OC(C)C)c2)no1. The van der Waals surface area contributed by atoms with Gasteiger partial charge in [0.25, 0.3) is 0 Å². The van der Waals surface area contributed by atoms with E-state index in [0.29, 0.717) is 29.7 Å². The van der Waals surface area contributed by atoms with E-state index >= 15 is 0 Å². The molecule has 0 atom stereocenters. The summed E-state index contributed by atoms with van der Waals surface area (Å²) in [5.41, 5.74) is 7.37. The first-order valence-electron chi connectivity index (χ1n) is 6.14. The van der Waals surface area contributed by atoms with Gasteiger partial charge in [0.05, 0.1) is 18.3 Å². The monoisotopic (exact) mass is 262 g/mol. The number of anilines is 2. The van der Waals surface area contributed by atoms with E-state index in [1.54, 1.807) is 6.92 Å². The average molecular weight is 262 g/mol.